The van der Waals surface area contributed by atoms with Gasteiger partial charge in [0.05, 0.1) is 11.9 Å². The van der Waals surface area contributed by atoms with Crippen molar-refractivity contribution in [2.75, 3.05) is 12.3 Å². The van der Waals surface area contributed by atoms with Crippen LogP contribution in [0.15, 0.2) is 47.2 Å². The Morgan fingerprint density at radius 2 is 2.10 bits per heavy atom. The summed E-state index contributed by atoms with van der Waals surface area (Å²) in [5.41, 5.74) is 2.07. The first-order valence-electron chi connectivity index (χ1n) is 6.34. The topological polar surface area (TPSA) is 49.3 Å². The minimum atomic E-state index is -0.621. The van der Waals surface area contributed by atoms with Crippen LogP contribution in [0.4, 0.5) is 0 Å². The van der Waals surface area contributed by atoms with Crippen LogP contribution < -0.4 is 5.32 Å². The molecule has 1 heterocycles. The lowest BCUT2D eigenvalue weighted by molar-refractivity contribution is -0.119. The van der Waals surface area contributed by atoms with E-state index >= 15 is 0 Å². The van der Waals surface area contributed by atoms with E-state index in [0.717, 1.165) is 11.3 Å². The molecule has 1 aromatic heterocycles. The molecule has 0 spiro atoms. The van der Waals surface area contributed by atoms with E-state index in [1.807, 2.05) is 47.2 Å². The molecule has 0 aliphatic heterocycles. The Bertz CT molecular complexity index is 514. The zero-order valence-corrected chi connectivity index (χ0v) is 12.6. The van der Waals surface area contributed by atoms with Crippen LogP contribution in [0.3, 0.4) is 0 Å². The van der Waals surface area contributed by atoms with Gasteiger partial charge in [0, 0.05) is 12.3 Å². The van der Waals surface area contributed by atoms with Crippen LogP contribution >= 0.6 is 23.1 Å². The maximum atomic E-state index is 11.7. The molecule has 0 fully saturated rings. The van der Waals surface area contributed by atoms with Crippen molar-refractivity contribution in [3.05, 3.63) is 58.3 Å². The number of hydrogen-bond donors (Lipinski definition) is 2. The van der Waals surface area contributed by atoms with Crippen LogP contribution in [0.5, 0.6) is 0 Å². The maximum absolute atomic E-state index is 11.7. The highest BCUT2D eigenvalue weighted by atomic mass is 32.2. The van der Waals surface area contributed by atoms with Crippen LogP contribution in [0.2, 0.25) is 0 Å². The largest absolute Gasteiger partial charge is 0.387 e. The van der Waals surface area contributed by atoms with Gasteiger partial charge < -0.3 is 10.4 Å². The number of thiophene rings is 1. The van der Waals surface area contributed by atoms with Gasteiger partial charge in [-0.05, 0) is 28.0 Å². The van der Waals surface area contributed by atoms with Gasteiger partial charge in [0.1, 0.15) is 0 Å². The van der Waals surface area contributed by atoms with E-state index in [4.69, 9.17) is 0 Å². The minimum Gasteiger partial charge on any atom is -0.387 e. The predicted octanol–water partition coefficient (Wildman–Crippen LogP) is 2.83. The van der Waals surface area contributed by atoms with E-state index in [9.17, 15) is 9.90 Å². The van der Waals surface area contributed by atoms with Crippen molar-refractivity contribution in [3.63, 3.8) is 0 Å². The Morgan fingerprint density at radius 1 is 1.30 bits per heavy atom. The van der Waals surface area contributed by atoms with E-state index in [0.29, 0.717) is 5.75 Å². The molecule has 2 N–H and O–H groups in total. The number of carbonyl (C=O) groups is 1. The van der Waals surface area contributed by atoms with Gasteiger partial charge in [-0.1, -0.05) is 30.3 Å². The molecule has 0 aliphatic rings. The van der Waals surface area contributed by atoms with E-state index in [1.165, 1.54) is 16.9 Å². The molecule has 3 nitrogen and oxygen atoms in total. The second-order valence-corrected chi connectivity index (χ2v) is 6.12. The summed E-state index contributed by atoms with van der Waals surface area (Å²) in [6, 6.07) is 11.9. The third kappa shape index (κ3) is 5.00. The highest BCUT2D eigenvalue weighted by Crippen LogP contribution is 2.15. The molecule has 1 aromatic carbocycles. The lowest BCUT2D eigenvalue weighted by atomic mass is 10.2. The normalized spacial score (nSPS) is 12.1. The van der Waals surface area contributed by atoms with Gasteiger partial charge in [0.2, 0.25) is 5.91 Å². The predicted molar refractivity (Wildman–Crippen MR) is 84.9 cm³/mol. The zero-order valence-electron chi connectivity index (χ0n) is 11.0. The Kier molecular flexibility index (Phi) is 6.11. The van der Waals surface area contributed by atoms with Gasteiger partial charge >= 0.3 is 0 Å². The number of aliphatic hydroxyl groups is 1. The SMILES string of the molecule is O=C(CSCc1ccccc1)NCC(O)c1ccsc1. The molecule has 0 aliphatic carbocycles. The van der Waals surface area contributed by atoms with Gasteiger partial charge in [-0.2, -0.15) is 11.3 Å². The quantitative estimate of drug-likeness (QED) is 0.827. The Morgan fingerprint density at radius 3 is 2.80 bits per heavy atom. The average molecular weight is 307 g/mol. The molecule has 0 bridgehead atoms. The first-order valence-corrected chi connectivity index (χ1v) is 8.44. The van der Waals surface area contributed by atoms with Gasteiger partial charge in [-0.15, -0.1) is 11.8 Å². The molecule has 106 valence electrons. The molecule has 20 heavy (non-hydrogen) atoms. The summed E-state index contributed by atoms with van der Waals surface area (Å²) in [5, 5.41) is 16.4. The summed E-state index contributed by atoms with van der Waals surface area (Å²) < 4.78 is 0. The van der Waals surface area contributed by atoms with Crippen molar-refractivity contribution in [2.24, 2.45) is 0 Å². The van der Waals surface area contributed by atoms with Crippen molar-refractivity contribution in [3.8, 4) is 0 Å². The summed E-state index contributed by atoms with van der Waals surface area (Å²) in [7, 11) is 0. The van der Waals surface area contributed by atoms with Crippen molar-refractivity contribution < 1.29 is 9.90 Å². The van der Waals surface area contributed by atoms with E-state index < -0.39 is 6.10 Å². The highest BCUT2D eigenvalue weighted by Gasteiger charge is 2.09. The summed E-state index contributed by atoms with van der Waals surface area (Å²) in [6.07, 6.45) is -0.621. The molecule has 5 heteroatoms. The summed E-state index contributed by atoms with van der Waals surface area (Å²) >= 11 is 3.11. The smallest absolute Gasteiger partial charge is 0.230 e. The third-order valence-corrected chi connectivity index (χ3v) is 4.47. The van der Waals surface area contributed by atoms with E-state index in [1.54, 1.807) is 11.8 Å². The minimum absolute atomic E-state index is 0.0415. The number of thioether (sulfide) groups is 1. The fraction of sp³-hybridized carbons (Fsp3) is 0.267. The molecule has 0 saturated heterocycles. The second-order valence-electron chi connectivity index (χ2n) is 4.35. The Hall–Kier alpha value is -1.30. The van der Waals surface area contributed by atoms with Gasteiger partial charge in [-0.3, -0.25) is 4.79 Å². The van der Waals surface area contributed by atoms with E-state index in [-0.39, 0.29) is 12.5 Å². The molecule has 2 aromatic rings. The lowest BCUT2D eigenvalue weighted by Crippen LogP contribution is -2.29. The van der Waals surface area contributed by atoms with Gasteiger partial charge in [-0.25, -0.2) is 0 Å². The Balaban J connectivity index is 1.63. The number of aliphatic hydroxyl groups excluding tert-OH is 1. The van der Waals surface area contributed by atoms with Crippen LogP contribution in [0, 0.1) is 0 Å². The molecular formula is C15H17NO2S2. The summed E-state index contributed by atoms with van der Waals surface area (Å²) in [6.45, 7) is 0.265. The van der Waals surface area contributed by atoms with Gasteiger partial charge in [0.15, 0.2) is 0 Å². The second kappa shape index (κ2) is 8.09. The molecule has 1 amide bonds. The molecule has 0 radical (unpaired) electrons. The van der Waals surface area contributed by atoms with Crippen LogP contribution in [0.25, 0.3) is 0 Å². The molecule has 1 unspecified atom stereocenters. The first-order chi connectivity index (χ1) is 9.75. The Labute approximate surface area is 127 Å². The zero-order chi connectivity index (χ0) is 14.2. The number of amides is 1. The van der Waals surface area contributed by atoms with Crippen LogP contribution in [-0.2, 0) is 10.5 Å². The monoisotopic (exact) mass is 307 g/mol. The highest BCUT2D eigenvalue weighted by molar-refractivity contribution is 7.99. The molecule has 0 saturated carbocycles. The third-order valence-electron chi connectivity index (χ3n) is 2.77. The standard InChI is InChI=1S/C15H17NO2S2/c17-14(13-6-7-19-10-13)8-16-15(18)11-20-9-12-4-2-1-3-5-12/h1-7,10,14,17H,8-9,11H2,(H,16,18). The van der Waals surface area contributed by atoms with Crippen molar-refractivity contribution in [1.82, 2.24) is 5.32 Å². The average Bonchev–Trinajstić information content (AvgIpc) is 3.00. The fourth-order valence-electron chi connectivity index (χ4n) is 1.68. The number of carbonyl (C=O) groups excluding carboxylic acids is 1. The van der Waals surface area contributed by atoms with Gasteiger partial charge in [0.25, 0.3) is 0 Å². The molecule has 1 atom stereocenters. The van der Waals surface area contributed by atoms with E-state index in [2.05, 4.69) is 5.32 Å². The van der Waals surface area contributed by atoms with Crippen molar-refractivity contribution in [2.45, 2.75) is 11.9 Å². The number of rotatable bonds is 7. The first kappa shape index (κ1) is 15.1. The van der Waals surface area contributed by atoms with Crippen LogP contribution in [0.1, 0.15) is 17.2 Å². The summed E-state index contributed by atoms with van der Waals surface area (Å²) in [4.78, 5) is 11.7. The molecular weight excluding hydrogens is 290 g/mol. The number of benzene rings is 1. The molecule has 2 rings (SSSR count). The fourth-order valence-corrected chi connectivity index (χ4v) is 3.20. The lowest BCUT2D eigenvalue weighted by Gasteiger charge is -2.10. The number of hydrogen-bond acceptors (Lipinski definition) is 4. The van der Waals surface area contributed by atoms with Crippen molar-refractivity contribution in [1.29, 1.82) is 0 Å². The van der Waals surface area contributed by atoms with Crippen molar-refractivity contribution >= 4 is 29.0 Å². The van der Waals surface area contributed by atoms with Crippen LogP contribution in [-0.4, -0.2) is 23.3 Å². The number of nitrogens with one attached hydrogen (secondary N) is 1. The summed E-state index contributed by atoms with van der Waals surface area (Å²) in [5.74, 6) is 1.19. The maximum Gasteiger partial charge on any atom is 0.230 e.